The smallest absolute Gasteiger partial charge is 0.329 e. The van der Waals surface area contributed by atoms with Gasteiger partial charge < -0.3 is 43.7 Å². The van der Waals surface area contributed by atoms with Crippen molar-refractivity contribution in [3.8, 4) is 0 Å². The van der Waals surface area contributed by atoms with Gasteiger partial charge in [-0.05, 0) is 89.0 Å². The molecule has 1 saturated carbocycles. The lowest BCUT2D eigenvalue weighted by Gasteiger charge is -2.46. The van der Waals surface area contributed by atoms with Crippen LogP contribution in [0, 0.1) is 29.6 Å². The van der Waals surface area contributed by atoms with Gasteiger partial charge in [-0.2, -0.15) is 0 Å². The Balaban J connectivity index is 1.79. The van der Waals surface area contributed by atoms with E-state index in [0.29, 0.717) is 44.1 Å². The van der Waals surface area contributed by atoms with Gasteiger partial charge in [0.25, 0.3) is 11.7 Å². The van der Waals surface area contributed by atoms with Gasteiger partial charge in [0.15, 0.2) is 0 Å². The van der Waals surface area contributed by atoms with E-state index in [1.165, 1.54) is 21.3 Å². The molecule has 3 heterocycles. The molecular weight excluding hydrogens is 738 g/mol. The van der Waals surface area contributed by atoms with Gasteiger partial charge in [0.2, 0.25) is 5.79 Å². The number of hydrogen-bond acceptors (Lipinski definition) is 13. The van der Waals surface area contributed by atoms with E-state index in [-0.39, 0.29) is 49.4 Å². The topological polar surface area (TPSA) is 188 Å². The molecule has 2 saturated heterocycles. The van der Waals surface area contributed by atoms with Crippen molar-refractivity contribution in [3.05, 3.63) is 23.3 Å². The van der Waals surface area contributed by atoms with Crippen molar-refractivity contribution < 1.29 is 62.9 Å². The van der Waals surface area contributed by atoms with E-state index < -0.39 is 90.1 Å². The number of nitrogens with zero attached hydrogens (tertiary/aromatic N) is 1. The molecule has 3 aliphatic heterocycles. The Kier molecular flexibility index (Phi) is 17.0. The highest BCUT2D eigenvalue weighted by Gasteiger charge is 2.58. The number of carbonyl (C=O) groups excluding carboxylic acids is 4. The second-order valence-corrected chi connectivity index (χ2v) is 17.1. The predicted molar refractivity (Wildman–Crippen MR) is 209 cm³/mol. The average Bonchev–Trinajstić information content (AvgIpc) is 3.62. The number of Topliss-reactive ketones (excluding diaryl/α,β-unsaturated/α-hetero) is 2. The van der Waals surface area contributed by atoms with Crippen LogP contribution >= 0.6 is 0 Å². The summed E-state index contributed by atoms with van der Waals surface area (Å²) in [7, 11) is 5.96. The van der Waals surface area contributed by atoms with E-state index in [1.807, 2.05) is 32.9 Å². The molecule has 3 fully saturated rings. The Labute approximate surface area is 338 Å². The molecule has 0 aromatic rings. The van der Waals surface area contributed by atoms with Crippen molar-refractivity contribution in [1.82, 2.24) is 4.90 Å². The van der Waals surface area contributed by atoms with Gasteiger partial charge in [0, 0.05) is 52.6 Å². The number of ether oxygens (including phenoxy) is 6. The van der Waals surface area contributed by atoms with Crippen LogP contribution in [0.5, 0.6) is 0 Å². The minimum absolute atomic E-state index is 0.0162. The molecule has 4 rings (SSSR count). The van der Waals surface area contributed by atoms with Crippen LogP contribution in [0.1, 0.15) is 106 Å². The number of carbonyl (C=O) groups is 4. The lowest BCUT2D eigenvalue weighted by atomic mass is 9.81. The van der Waals surface area contributed by atoms with E-state index >= 15 is 0 Å². The predicted octanol–water partition coefficient (Wildman–Crippen LogP) is 4.06. The first-order valence-corrected chi connectivity index (χ1v) is 20.8. The molecule has 0 radical (unpaired) electrons. The fraction of sp³-hybridized carbons (Fsp3) is 0.814. The Morgan fingerprint density at radius 2 is 1.53 bits per heavy atom. The number of cyclic esters (lactones) is 1. The fourth-order valence-corrected chi connectivity index (χ4v) is 9.47. The third-order valence-corrected chi connectivity index (χ3v) is 13.0. The maximum atomic E-state index is 14.3. The number of hydrogen-bond donors (Lipinski definition) is 3. The number of fused-ring (bicyclic) bond motifs is 3. The number of aliphatic hydroxyl groups excluding tert-OH is 2. The van der Waals surface area contributed by atoms with Crippen LogP contribution in [0.15, 0.2) is 23.3 Å². The molecule has 3 N–H and O–H groups in total. The summed E-state index contributed by atoms with van der Waals surface area (Å²) in [5.41, 5.74) is 1.62. The Hall–Kier alpha value is -2.56. The van der Waals surface area contributed by atoms with Gasteiger partial charge in [-0.1, -0.05) is 45.4 Å². The molecule has 0 spiro atoms. The van der Waals surface area contributed by atoms with E-state index in [0.717, 1.165) is 10.5 Å². The maximum Gasteiger partial charge on any atom is 0.329 e. The standard InChI is InChI=1S/C43H69NO13/c1-11-29-17-23(2)16-24(3)18-35(53-8)39-36(54-9)20-26(5)43(51,57-39)40(48)41(49)44-30(13-15-37(44)55-10)42(50)56-38(27(6)32(46)22-33(29)47)25(4)19-28-12-14-31(45)34(21-28)52-7/h17,19,24,26-32,34-39,45-46,51H,11-16,18,20-22H2,1-10H3/b23-17+,25-19+/t24-,26+,27+,28-,29+,30-,31+,32-,34+,35?,36-,37+,38+,39+,43+/m0/s1. The van der Waals surface area contributed by atoms with Crippen molar-refractivity contribution in [1.29, 1.82) is 0 Å². The van der Waals surface area contributed by atoms with E-state index in [1.54, 1.807) is 27.9 Å². The van der Waals surface area contributed by atoms with Crippen LogP contribution in [0.4, 0.5) is 0 Å². The summed E-state index contributed by atoms with van der Waals surface area (Å²) >= 11 is 0. The number of amides is 1. The Bertz CT molecular complexity index is 1470. The van der Waals surface area contributed by atoms with Crippen LogP contribution in [0.2, 0.25) is 0 Å². The van der Waals surface area contributed by atoms with Crippen LogP contribution in [-0.2, 0) is 47.6 Å². The van der Waals surface area contributed by atoms with Gasteiger partial charge in [0.05, 0.1) is 30.5 Å². The molecule has 15 atom stereocenters. The van der Waals surface area contributed by atoms with E-state index in [4.69, 9.17) is 28.4 Å². The summed E-state index contributed by atoms with van der Waals surface area (Å²) in [5, 5.41) is 34.1. The first-order valence-electron chi connectivity index (χ1n) is 20.8. The number of ketones is 2. The highest BCUT2D eigenvalue weighted by atomic mass is 16.7. The third kappa shape index (κ3) is 10.8. The van der Waals surface area contributed by atoms with Crippen molar-refractivity contribution in [2.45, 2.75) is 167 Å². The number of allylic oxidation sites excluding steroid dienone is 3. The summed E-state index contributed by atoms with van der Waals surface area (Å²) in [6, 6.07) is -1.26. The summed E-state index contributed by atoms with van der Waals surface area (Å²) in [4.78, 5) is 57.8. The molecule has 0 aromatic heterocycles. The van der Waals surface area contributed by atoms with E-state index in [2.05, 4.69) is 0 Å². The van der Waals surface area contributed by atoms with Crippen molar-refractivity contribution in [2.75, 3.05) is 28.4 Å². The first kappa shape index (κ1) is 47.1. The quantitative estimate of drug-likeness (QED) is 0.190. The molecule has 324 valence electrons. The molecule has 57 heavy (non-hydrogen) atoms. The van der Waals surface area contributed by atoms with Gasteiger partial charge >= 0.3 is 5.97 Å². The van der Waals surface area contributed by atoms with Gasteiger partial charge in [-0.3, -0.25) is 19.3 Å². The number of aliphatic hydroxyl groups is 3. The summed E-state index contributed by atoms with van der Waals surface area (Å²) in [6.07, 6.45) is 1.30. The molecule has 4 aliphatic rings. The zero-order valence-electron chi connectivity index (χ0n) is 35.7. The number of esters is 1. The van der Waals surface area contributed by atoms with Crippen molar-refractivity contribution in [3.63, 3.8) is 0 Å². The number of rotatable bonds is 7. The van der Waals surface area contributed by atoms with Crippen molar-refractivity contribution in [2.24, 2.45) is 29.6 Å². The third-order valence-electron chi connectivity index (χ3n) is 13.0. The second kappa shape index (κ2) is 20.6. The van der Waals surface area contributed by atoms with Crippen LogP contribution in [0.25, 0.3) is 0 Å². The van der Waals surface area contributed by atoms with Crippen LogP contribution < -0.4 is 0 Å². The molecule has 0 aromatic carbocycles. The minimum Gasteiger partial charge on any atom is -0.456 e. The highest BCUT2D eigenvalue weighted by Crippen LogP contribution is 2.40. The van der Waals surface area contributed by atoms with Crippen LogP contribution in [0.3, 0.4) is 0 Å². The molecule has 14 heteroatoms. The zero-order valence-corrected chi connectivity index (χ0v) is 35.7. The lowest BCUT2D eigenvalue weighted by molar-refractivity contribution is -0.302. The molecule has 2 bridgehead atoms. The summed E-state index contributed by atoms with van der Waals surface area (Å²) in [6.45, 7) is 11.1. The minimum atomic E-state index is -2.57. The largest absolute Gasteiger partial charge is 0.456 e. The fourth-order valence-electron chi connectivity index (χ4n) is 9.47. The van der Waals surface area contributed by atoms with E-state index in [9.17, 15) is 34.5 Å². The number of methoxy groups -OCH3 is 4. The molecule has 1 aliphatic carbocycles. The van der Waals surface area contributed by atoms with Gasteiger partial charge in [0.1, 0.15) is 30.3 Å². The SMILES string of the molecule is CC[C@@H]1/C=C(\C)C[C@H](C)CC(OC)[C@H]2O[C@@](O)(C(=O)C(=O)N3[C@H](OC)CC[C@H]3C(=O)O[C@H](/C(C)=C/[C@@H]3CC[C@@H](O)[C@H](OC)C3)[C@H](C)[C@@H](O)CC1=O)[C@H](C)C[C@@H]2OC. The zero-order chi connectivity index (χ0) is 42.4. The van der Waals surface area contributed by atoms with Crippen LogP contribution in [-0.4, -0.2) is 133 Å². The Morgan fingerprint density at radius 3 is 2.14 bits per heavy atom. The molecule has 14 nitrogen and oxygen atoms in total. The monoisotopic (exact) mass is 807 g/mol. The molecular formula is C43H69NO13. The second-order valence-electron chi connectivity index (χ2n) is 17.1. The lowest BCUT2D eigenvalue weighted by Crippen LogP contribution is -2.64. The summed E-state index contributed by atoms with van der Waals surface area (Å²) in [5.74, 6) is -7.99. The van der Waals surface area contributed by atoms with Gasteiger partial charge in [-0.25, -0.2) is 4.79 Å². The molecule has 1 amide bonds. The Morgan fingerprint density at radius 1 is 0.877 bits per heavy atom. The maximum absolute atomic E-state index is 14.3. The van der Waals surface area contributed by atoms with Crippen molar-refractivity contribution >= 4 is 23.4 Å². The average molecular weight is 808 g/mol. The first-order chi connectivity index (χ1) is 26.9. The normalized spacial score (nSPS) is 42.2. The highest BCUT2D eigenvalue weighted by molar-refractivity contribution is 6.39. The summed E-state index contributed by atoms with van der Waals surface area (Å²) < 4.78 is 35.3. The molecule has 1 unspecified atom stereocenters. The van der Waals surface area contributed by atoms with Gasteiger partial charge in [-0.15, -0.1) is 0 Å².